The van der Waals surface area contributed by atoms with Crippen LogP contribution in [0.5, 0.6) is 0 Å². The smallest absolute Gasteiger partial charge is 0.0781 e. The summed E-state index contributed by atoms with van der Waals surface area (Å²) in [5, 5.41) is 9.64. The van der Waals surface area contributed by atoms with Crippen molar-refractivity contribution in [1.29, 1.82) is 0 Å². The Balaban J connectivity index is 4.37. The highest BCUT2D eigenvalue weighted by molar-refractivity contribution is 6.80. The van der Waals surface area contributed by atoms with E-state index in [0.29, 0.717) is 0 Å². The lowest BCUT2D eigenvalue weighted by molar-refractivity contribution is 0.0442. The lowest BCUT2D eigenvalue weighted by atomic mass is 9.93. The van der Waals surface area contributed by atoms with E-state index in [1.165, 1.54) is 0 Å². The van der Waals surface area contributed by atoms with Crippen LogP contribution in [0.4, 0.5) is 0 Å². The van der Waals surface area contributed by atoms with E-state index >= 15 is 0 Å². The van der Waals surface area contributed by atoms with Crippen LogP contribution in [0.3, 0.4) is 0 Å². The van der Waals surface area contributed by atoms with Crippen molar-refractivity contribution in [2.75, 3.05) is 0 Å². The van der Waals surface area contributed by atoms with Gasteiger partial charge in [0.1, 0.15) is 0 Å². The molecule has 76 valence electrons. The minimum Gasteiger partial charge on any atom is -0.390 e. The first-order valence-electron chi connectivity index (χ1n) is 4.79. The van der Waals surface area contributed by atoms with Crippen molar-refractivity contribution in [2.45, 2.75) is 46.0 Å². The maximum atomic E-state index is 9.64. The molecule has 0 aromatic rings. The topological polar surface area (TPSA) is 20.2 Å². The van der Waals surface area contributed by atoms with Gasteiger partial charge < -0.3 is 5.11 Å². The molecule has 0 heterocycles. The van der Waals surface area contributed by atoms with Gasteiger partial charge in [-0.3, -0.25) is 0 Å². The van der Waals surface area contributed by atoms with Crippen molar-refractivity contribution in [1.82, 2.24) is 0 Å². The van der Waals surface area contributed by atoms with Gasteiger partial charge in [0, 0.05) is 5.92 Å². The molecule has 13 heavy (non-hydrogen) atoms. The Kier molecular flexibility index (Phi) is 4.17. The Hall–Kier alpha value is -0.303. The summed E-state index contributed by atoms with van der Waals surface area (Å²) >= 11 is 0. The highest BCUT2D eigenvalue weighted by atomic mass is 28.3. The van der Waals surface area contributed by atoms with Gasteiger partial charge in [-0.2, -0.15) is 0 Å². The third-order valence-electron chi connectivity index (χ3n) is 1.98. The van der Waals surface area contributed by atoms with Gasteiger partial charge in [0.25, 0.3) is 0 Å². The van der Waals surface area contributed by atoms with Crippen LogP contribution in [0.1, 0.15) is 20.8 Å². The fraction of sp³-hybridized carbons (Fsp3) is 0.727. The molecule has 0 aliphatic heterocycles. The molecule has 0 aromatic carbocycles. The zero-order chi connectivity index (χ0) is 10.7. The molecule has 0 fully saturated rings. The first-order chi connectivity index (χ1) is 5.63. The van der Waals surface area contributed by atoms with Gasteiger partial charge in [0.2, 0.25) is 0 Å². The zero-order valence-electron chi connectivity index (χ0n) is 9.68. The number of hydrogen-bond donors (Lipinski definition) is 1. The summed E-state index contributed by atoms with van der Waals surface area (Å²) in [7, 11) is -1.13. The van der Waals surface area contributed by atoms with Crippen molar-refractivity contribution in [3.8, 4) is 0 Å². The van der Waals surface area contributed by atoms with Crippen LogP contribution in [-0.4, -0.2) is 18.8 Å². The molecule has 0 amide bonds. The first kappa shape index (κ1) is 12.7. The molecule has 1 atom stereocenters. The van der Waals surface area contributed by atoms with Crippen LogP contribution < -0.4 is 0 Å². The molecule has 0 saturated carbocycles. The molecule has 1 N–H and O–H groups in total. The second-order valence-corrected chi connectivity index (χ2v) is 10.3. The average molecular weight is 198 g/mol. The summed E-state index contributed by atoms with van der Waals surface area (Å²) in [4.78, 5) is 0. The van der Waals surface area contributed by atoms with E-state index in [-0.39, 0.29) is 5.92 Å². The molecular weight excluding hydrogens is 176 g/mol. The molecule has 0 aromatic heterocycles. The molecule has 0 aliphatic rings. The Morgan fingerprint density at radius 1 is 1.31 bits per heavy atom. The first-order valence-corrected chi connectivity index (χ1v) is 8.37. The summed E-state index contributed by atoms with van der Waals surface area (Å²) in [6.45, 7) is 12.5. The summed E-state index contributed by atoms with van der Waals surface area (Å²) in [5.41, 5.74) is 4.71. The monoisotopic (exact) mass is 198 g/mol. The number of rotatable bonds is 3. The van der Waals surface area contributed by atoms with E-state index in [0.717, 1.165) is 0 Å². The van der Waals surface area contributed by atoms with E-state index in [1.54, 1.807) is 0 Å². The average Bonchev–Trinajstić information content (AvgIpc) is 1.82. The lowest BCUT2D eigenvalue weighted by Crippen LogP contribution is -2.26. The van der Waals surface area contributed by atoms with Crippen molar-refractivity contribution in [3.63, 3.8) is 0 Å². The predicted octanol–water partition coefficient (Wildman–Crippen LogP) is 2.98. The summed E-state index contributed by atoms with van der Waals surface area (Å²) in [6.07, 6.45) is 1.96. The summed E-state index contributed by atoms with van der Waals surface area (Å²) in [6, 6.07) is 0. The SMILES string of the molecule is C[C@H](C=C=C[Si](C)(C)C)C(C)(C)O. The second-order valence-electron chi connectivity index (χ2n) is 5.29. The van der Waals surface area contributed by atoms with Crippen LogP contribution in [0, 0.1) is 5.92 Å². The van der Waals surface area contributed by atoms with Gasteiger partial charge in [-0.25, -0.2) is 0 Å². The Morgan fingerprint density at radius 2 is 1.77 bits per heavy atom. The third-order valence-corrected chi connectivity index (χ3v) is 3.01. The maximum absolute atomic E-state index is 9.64. The standard InChI is InChI=1S/C11H22OSi/c1-10(11(2,3)12)8-7-9-13(4,5)6/h8-10,12H,1-6H3/t7?,10-/m1/s1. The minimum absolute atomic E-state index is 0.153. The molecule has 0 saturated heterocycles. The fourth-order valence-corrected chi connectivity index (χ4v) is 1.24. The summed E-state index contributed by atoms with van der Waals surface area (Å²) < 4.78 is 0. The molecule has 0 aliphatic carbocycles. The van der Waals surface area contributed by atoms with E-state index < -0.39 is 13.7 Å². The van der Waals surface area contributed by atoms with E-state index in [9.17, 15) is 5.11 Å². The zero-order valence-corrected chi connectivity index (χ0v) is 10.7. The molecular formula is C11H22OSi. The van der Waals surface area contributed by atoms with Gasteiger partial charge in [0.05, 0.1) is 13.7 Å². The van der Waals surface area contributed by atoms with Crippen LogP contribution >= 0.6 is 0 Å². The van der Waals surface area contributed by atoms with Crippen LogP contribution in [0.15, 0.2) is 17.5 Å². The van der Waals surface area contributed by atoms with Crippen molar-refractivity contribution in [3.05, 3.63) is 17.5 Å². The van der Waals surface area contributed by atoms with E-state index in [2.05, 4.69) is 31.1 Å². The van der Waals surface area contributed by atoms with Gasteiger partial charge in [-0.1, -0.05) is 32.3 Å². The quantitative estimate of drug-likeness (QED) is 0.546. The maximum Gasteiger partial charge on any atom is 0.0781 e. The summed E-state index contributed by atoms with van der Waals surface area (Å²) in [5.74, 6) is 0.153. The highest BCUT2D eigenvalue weighted by Gasteiger charge is 2.19. The van der Waals surface area contributed by atoms with Crippen LogP contribution in [0.25, 0.3) is 0 Å². The van der Waals surface area contributed by atoms with Crippen LogP contribution in [0.2, 0.25) is 19.6 Å². The Morgan fingerprint density at radius 3 is 2.08 bits per heavy atom. The van der Waals surface area contributed by atoms with Crippen molar-refractivity contribution < 1.29 is 5.11 Å². The fourth-order valence-electron chi connectivity index (χ4n) is 0.646. The molecule has 0 spiro atoms. The largest absolute Gasteiger partial charge is 0.390 e. The second kappa shape index (κ2) is 4.27. The molecule has 0 radical (unpaired) electrons. The highest BCUT2D eigenvalue weighted by Crippen LogP contribution is 2.16. The van der Waals surface area contributed by atoms with Crippen molar-refractivity contribution >= 4 is 8.07 Å². The van der Waals surface area contributed by atoms with Crippen molar-refractivity contribution in [2.24, 2.45) is 5.92 Å². The molecule has 2 heteroatoms. The molecule has 0 bridgehead atoms. The van der Waals surface area contributed by atoms with Gasteiger partial charge >= 0.3 is 0 Å². The number of aliphatic hydroxyl groups is 1. The predicted molar refractivity (Wildman–Crippen MR) is 61.5 cm³/mol. The van der Waals surface area contributed by atoms with Gasteiger partial charge in [-0.15, -0.1) is 5.73 Å². The number of hydrogen-bond acceptors (Lipinski definition) is 1. The molecule has 1 nitrogen and oxygen atoms in total. The Labute approximate surface area is 83.2 Å². The lowest BCUT2D eigenvalue weighted by Gasteiger charge is -2.21. The van der Waals surface area contributed by atoms with Gasteiger partial charge in [0.15, 0.2) is 0 Å². The Bertz CT molecular complexity index is 211. The van der Waals surface area contributed by atoms with Crippen LogP contribution in [-0.2, 0) is 0 Å². The molecule has 0 unspecified atom stereocenters. The minimum atomic E-state index is -1.13. The van der Waals surface area contributed by atoms with E-state index in [1.807, 2.05) is 26.8 Å². The molecule has 0 rings (SSSR count). The normalized spacial score (nSPS) is 14.7. The van der Waals surface area contributed by atoms with E-state index in [4.69, 9.17) is 0 Å². The third kappa shape index (κ3) is 6.82. The van der Waals surface area contributed by atoms with Gasteiger partial charge in [-0.05, 0) is 19.9 Å².